The predicted octanol–water partition coefficient (Wildman–Crippen LogP) is 1.43. The number of benzene rings is 1. The van der Waals surface area contributed by atoms with Crippen molar-refractivity contribution < 1.29 is 4.39 Å². The summed E-state index contributed by atoms with van der Waals surface area (Å²) in [5, 5.41) is 0. The van der Waals surface area contributed by atoms with Gasteiger partial charge in [-0.3, -0.25) is 0 Å². The van der Waals surface area contributed by atoms with E-state index in [1.807, 2.05) is 6.92 Å². The highest BCUT2D eigenvalue weighted by Gasteiger charge is 2.20. The van der Waals surface area contributed by atoms with Crippen LogP contribution in [0, 0.1) is 5.82 Å². The van der Waals surface area contributed by atoms with Crippen LogP contribution in [0.4, 0.5) is 4.39 Å². The quantitative estimate of drug-likeness (QED) is 0.765. The van der Waals surface area contributed by atoms with E-state index in [0.717, 1.165) is 12.0 Å². The monoisotopic (exact) mass is 196 g/mol. The van der Waals surface area contributed by atoms with Crippen molar-refractivity contribution >= 4 is 0 Å². The number of rotatable bonds is 4. The molecule has 0 aromatic heterocycles. The van der Waals surface area contributed by atoms with Crippen LogP contribution < -0.4 is 11.5 Å². The number of hydrogen-bond donors (Lipinski definition) is 2. The molecule has 3 heteroatoms. The van der Waals surface area contributed by atoms with Crippen molar-refractivity contribution in [2.24, 2.45) is 11.5 Å². The van der Waals surface area contributed by atoms with E-state index >= 15 is 0 Å². The van der Waals surface area contributed by atoms with Crippen LogP contribution in [0.3, 0.4) is 0 Å². The van der Waals surface area contributed by atoms with Crippen molar-refractivity contribution in [3.63, 3.8) is 0 Å². The minimum absolute atomic E-state index is 0.222. The average molecular weight is 196 g/mol. The second-order valence-corrected chi connectivity index (χ2v) is 3.72. The third-order valence-corrected chi connectivity index (χ3v) is 2.58. The molecule has 78 valence electrons. The van der Waals surface area contributed by atoms with Gasteiger partial charge in [0.1, 0.15) is 5.82 Å². The summed E-state index contributed by atoms with van der Waals surface area (Å²) in [6.45, 7) is 2.46. The Balaban J connectivity index is 2.72. The fourth-order valence-corrected chi connectivity index (χ4v) is 1.35. The van der Waals surface area contributed by atoms with E-state index in [1.165, 1.54) is 12.1 Å². The molecular weight excluding hydrogens is 179 g/mol. The van der Waals surface area contributed by atoms with Gasteiger partial charge in [-0.2, -0.15) is 0 Å². The largest absolute Gasteiger partial charge is 0.329 e. The molecule has 0 spiro atoms. The first-order chi connectivity index (χ1) is 6.59. The van der Waals surface area contributed by atoms with Gasteiger partial charge in [0.05, 0.1) is 0 Å². The van der Waals surface area contributed by atoms with Gasteiger partial charge < -0.3 is 11.5 Å². The van der Waals surface area contributed by atoms with Crippen LogP contribution in [0.1, 0.15) is 18.9 Å². The van der Waals surface area contributed by atoms with Crippen molar-refractivity contribution in [1.29, 1.82) is 0 Å². The van der Waals surface area contributed by atoms with Crippen LogP contribution in [-0.4, -0.2) is 12.1 Å². The molecule has 0 aliphatic carbocycles. The molecule has 14 heavy (non-hydrogen) atoms. The molecule has 1 aromatic rings. The van der Waals surface area contributed by atoms with Crippen LogP contribution >= 0.6 is 0 Å². The zero-order chi connectivity index (χ0) is 10.6. The van der Waals surface area contributed by atoms with Crippen molar-refractivity contribution in [1.82, 2.24) is 0 Å². The molecule has 0 saturated heterocycles. The highest BCUT2D eigenvalue weighted by Crippen LogP contribution is 2.13. The third-order valence-electron chi connectivity index (χ3n) is 2.58. The molecule has 1 rings (SSSR count). The molecule has 0 aliphatic rings. The molecule has 4 N–H and O–H groups in total. The summed E-state index contributed by atoms with van der Waals surface area (Å²) in [7, 11) is 0. The molecule has 0 radical (unpaired) electrons. The molecule has 0 saturated carbocycles. The van der Waals surface area contributed by atoms with E-state index in [4.69, 9.17) is 11.5 Å². The lowest BCUT2D eigenvalue weighted by atomic mass is 9.89. The van der Waals surface area contributed by atoms with E-state index in [-0.39, 0.29) is 11.4 Å². The topological polar surface area (TPSA) is 52.0 Å². The Bertz CT molecular complexity index is 278. The van der Waals surface area contributed by atoms with Gasteiger partial charge in [0.25, 0.3) is 0 Å². The van der Waals surface area contributed by atoms with Crippen LogP contribution in [0.25, 0.3) is 0 Å². The van der Waals surface area contributed by atoms with Crippen molar-refractivity contribution in [3.05, 3.63) is 35.6 Å². The van der Waals surface area contributed by atoms with E-state index < -0.39 is 0 Å². The molecule has 0 heterocycles. The number of halogens is 1. The van der Waals surface area contributed by atoms with Gasteiger partial charge in [-0.05, 0) is 30.5 Å². The van der Waals surface area contributed by atoms with Crippen molar-refractivity contribution in [3.8, 4) is 0 Å². The van der Waals surface area contributed by atoms with E-state index in [1.54, 1.807) is 12.1 Å². The maximum Gasteiger partial charge on any atom is 0.123 e. The summed E-state index contributed by atoms with van der Waals surface area (Å²) >= 11 is 0. The molecule has 0 amide bonds. The third kappa shape index (κ3) is 2.79. The van der Waals surface area contributed by atoms with Crippen LogP contribution in [0.5, 0.6) is 0 Å². The molecule has 0 bridgehead atoms. The van der Waals surface area contributed by atoms with Gasteiger partial charge in [0.15, 0.2) is 0 Å². The summed E-state index contributed by atoms with van der Waals surface area (Å²) in [5.74, 6) is -0.222. The summed E-state index contributed by atoms with van der Waals surface area (Å²) < 4.78 is 12.6. The van der Waals surface area contributed by atoms with Crippen molar-refractivity contribution in [2.75, 3.05) is 6.54 Å². The Hall–Kier alpha value is -0.930. The zero-order valence-electron chi connectivity index (χ0n) is 8.46. The second-order valence-electron chi connectivity index (χ2n) is 3.72. The minimum Gasteiger partial charge on any atom is -0.329 e. The Morgan fingerprint density at radius 3 is 2.29 bits per heavy atom. The maximum atomic E-state index is 12.6. The number of nitrogens with two attached hydrogens (primary N) is 2. The van der Waals surface area contributed by atoms with Gasteiger partial charge >= 0.3 is 0 Å². The highest BCUT2D eigenvalue weighted by molar-refractivity contribution is 5.18. The van der Waals surface area contributed by atoms with Gasteiger partial charge in [-0.1, -0.05) is 19.1 Å². The Labute approximate surface area is 84.1 Å². The molecule has 1 aromatic carbocycles. The molecule has 0 aliphatic heterocycles. The fraction of sp³-hybridized carbons (Fsp3) is 0.455. The zero-order valence-corrected chi connectivity index (χ0v) is 8.46. The smallest absolute Gasteiger partial charge is 0.123 e. The average Bonchev–Trinajstić information content (AvgIpc) is 2.21. The van der Waals surface area contributed by atoms with Crippen LogP contribution in [0.15, 0.2) is 24.3 Å². The van der Waals surface area contributed by atoms with E-state index in [2.05, 4.69) is 0 Å². The first-order valence-corrected chi connectivity index (χ1v) is 4.83. The lowest BCUT2D eigenvalue weighted by molar-refractivity contribution is 0.418. The van der Waals surface area contributed by atoms with E-state index in [9.17, 15) is 4.39 Å². The predicted molar refractivity (Wildman–Crippen MR) is 56.4 cm³/mol. The van der Waals surface area contributed by atoms with Gasteiger partial charge in [-0.25, -0.2) is 4.39 Å². The second kappa shape index (κ2) is 4.53. The SMILES string of the molecule is CCC(N)(CN)Cc1ccc(F)cc1. The molecule has 2 nitrogen and oxygen atoms in total. The molecule has 1 unspecified atom stereocenters. The van der Waals surface area contributed by atoms with Crippen molar-refractivity contribution in [2.45, 2.75) is 25.3 Å². The summed E-state index contributed by atoms with van der Waals surface area (Å²) in [5.41, 5.74) is 12.3. The summed E-state index contributed by atoms with van der Waals surface area (Å²) in [6, 6.07) is 6.40. The maximum absolute atomic E-state index is 12.6. The summed E-state index contributed by atoms with van der Waals surface area (Å²) in [4.78, 5) is 0. The molecule has 0 fully saturated rings. The van der Waals surface area contributed by atoms with Gasteiger partial charge in [0.2, 0.25) is 0 Å². The normalized spacial score (nSPS) is 15.1. The molecule has 1 atom stereocenters. The molecular formula is C11H17FN2. The summed E-state index contributed by atoms with van der Waals surface area (Å²) in [6.07, 6.45) is 1.52. The van der Waals surface area contributed by atoms with Crippen LogP contribution in [-0.2, 0) is 6.42 Å². The fourth-order valence-electron chi connectivity index (χ4n) is 1.35. The highest BCUT2D eigenvalue weighted by atomic mass is 19.1. The number of hydrogen-bond acceptors (Lipinski definition) is 2. The Kier molecular flexibility index (Phi) is 3.61. The van der Waals surface area contributed by atoms with E-state index in [0.29, 0.717) is 13.0 Å². The standard InChI is InChI=1S/C11H17FN2/c1-2-11(14,8-13)7-9-3-5-10(12)6-4-9/h3-6H,2,7-8,13-14H2,1H3. The first-order valence-electron chi connectivity index (χ1n) is 4.83. The Morgan fingerprint density at radius 1 is 1.29 bits per heavy atom. The Morgan fingerprint density at radius 2 is 1.86 bits per heavy atom. The first kappa shape index (κ1) is 11.1. The lowest BCUT2D eigenvalue weighted by Gasteiger charge is -2.26. The van der Waals surface area contributed by atoms with Gasteiger partial charge in [0, 0.05) is 12.1 Å². The van der Waals surface area contributed by atoms with Crippen LogP contribution in [0.2, 0.25) is 0 Å². The lowest BCUT2D eigenvalue weighted by Crippen LogP contribution is -2.48. The minimum atomic E-state index is -0.363. The van der Waals surface area contributed by atoms with Gasteiger partial charge in [-0.15, -0.1) is 0 Å².